The summed E-state index contributed by atoms with van der Waals surface area (Å²) in [6.45, 7) is 17.3. The minimum absolute atomic E-state index is 0.0932. The lowest BCUT2D eigenvalue weighted by Gasteiger charge is -2.04. The molecule has 0 heterocycles. The van der Waals surface area contributed by atoms with Gasteiger partial charge < -0.3 is 14.2 Å². The standard InChI is InChI=1S/C8H16O2.2C7H14O2/c1-7(2)5-4-6-8(9)10-3;1-6(2)4-9-5-7(3)8;1-4-7(8)9-5-6(2)3/h7H,4-6H2,1-3H3;2*6H,4-5H2,1-3H3. The minimum atomic E-state index is -0.108. The van der Waals surface area contributed by atoms with Crippen molar-refractivity contribution in [2.24, 2.45) is 17.8 Å². The highest BCUT2D eigenvalue weighted by Crippen LogP contribution is 2.06. The molecular formula is C22H44O6. The highest BCUT2D eigenvalue weighted by molar-refractivity contribution is 5.76. The maximum Gasteiger partial charge on any atom is 0.305 e. The van der Waals surface area contributed by atoms with Crippen LogP contribution in [0.1, 0.15) is 81.1 Å². The summed E-state index contributed by atoms with van der Waals surface area (Å²) in [7, 11) is 1.43. The summed E-state index contributed by atoms with van der Waals surface area (Å²) in [5.74, 6) is 1.54. The first-order chi connectivity index (χ1) is 13.0. The van der Waals surface area contributed by atoms with E-state index in [1.807, 2.05) is 13.8 Å². The van der Waals surface area contributed by atoms with E-state index in [2.05, 4.69) is 32.4 Å². The highest BCUT2D eigenvalue weighted by Gasteiger charge is 2.00. The molecule has 0 amide bonds. The average molecular weight is 405 g/mol. The number of Topliss-reactive ketones (excluding diaryl/α,β-unsaturated/α-hetero) is 1. The molecule has 0 saturated heterocycles. The smallest absolute Gasteiger partial charge is 0.305 e. The van der Waals surface area contributed by atoms with E-state index in [4.69, 9.17) is 9.47 Å². The number of ether oxygens (including phenoxy) is 3. The van der Waals surface area contributed by atoms with Crippen LogP contribution in [0.25, 0.3) is 0 Å². The Balaban J connectivity index is -0.000000336. The van der Waals surface area contributed by atoms with Gasteiger partial charge in [-0.15, -0.1) is 0 Å². The number of carbonyl (C=O) groups excluding carboxylic acids is 3. The van der Waals surface area contributed by atoms with Crippen molar-refractivity contribution in [1.82, 2.24) is 0 Å². The monoisotopic (exact) mass is 404 g/mol. The first-order valence-corrected chi connectivity index (χ1v) is 10.3. The fraction of sp³-hybridized carbons (Fsp3) is 0.864. The summed E-state index contributed by atoms with van der Waals surface area (Å²) in [5.41, 5.74) is 0. The van der Waals surface area contributed by atoms with Crippen molar-refractivity contribution >= 4 is 17.7 Å². The number of carbonyl (C=O) groups is 3. The predicted molar refractivity (Wildman–Crippen MR) is 113 cm³/mol. The van der Waals surface area contributed by atoms with Crippen LogP contribution in [0, 0.1) is 17.8 Å². The summed E-state index contributed by atoms with van der Waals surface area (Å²) >= 11 is 0. The van der Waals surface area contributed by atoms with Gasteiger partial charge in [-0.25, -0.2) is 0 Å². The largest absolute Gasteiger partial charge is 0.469 e. The molecule has 168 valence electrons. The molecule has 0 bridgehead atoms. The summed E-state index contributed by atoms with van der Waals surface area (Å²) in [6, 6.07) is 0. The lowest BCUT2D eigenvalue weighted by Crippen LogP contribution is -2.08. The Hall–Kier alpha value is -1.43. The van der Waals surface area contributed by atoms with Crippen LogP contribution >= 0.6 is 0 Å². The minimum Gasteiger partial charge on any atom is -0.469 e. The molecular weight excluding hydrogens is 360 g/mol. The third kappa shape index (κ3) is 35.6. The second kappa shape index (κ2) is 21.9. The van der Waals surface area contributed by atoms with E-state index in [0.29, 0.717) is 43.8 Å². The Kier molecular flexibility index (Phi) is 24.4. The molecule has 6 nitrogen and oxygen atoms in total. The van der Waals surface area contributed by atoms with Crippen LogP contribution in [0.15, 0.2) is 0 Å². The Labute approximate surface area is 172 Å². The lowest BCUT2D eigenvalue weighted by atomic mass is 10.1. The van der Waals surface area contributed by atoms with Gasteiger partial charge in [-0.3, -0.25) is 14.4 Å². The molecule has 6 heteroatoms. The molecule has 0 N–H and O–H groups in total. The number of hydrogen-bond donors (Lipinski definition) is 0. The highest BCUT2D eigenvalue weighted by atomic mass is 16.5. The first-order valence-electron chi connectivity index (χ1n) is 10.3. The van der Waals surface area contributed by atoms with Crippen molar-refractivity contribution in [2.45, 2.75) is 81.1 Å². The molecule has 0 saturated carbocycles. The van der Waals surface area contributed by atoms with Crippen molar-refractivity contribution in [1.29, 1.82) is 0 Å². The second-order valence-corrected chi connectivity index (χ2v) is 7.90. The molecule has 0 aromatic rings. The Morgan fingerprint density at radius 2 is 1.36 bits per heavy atom. The van der Waals surface area contributed by atoms with E-state index in [9.17, 15) is 14.4 Å². The predicted octanol–water partition coefficient (Wildman–Crippen LogP) is 4.83. The van der Waals surface area contributed by atoms with Gasteiger partial charge in [-0.05, 0) is 31.1 Å². The average Bonchev–Trinajstić information content (AvgIpc) is 2.59. The normalized spacial score (nSPS) is 10.0. The van der Waals surface area contributed by atoms with Gasteiger partial charge in [0.2, 0.25) is 0 Å². The van der Waals surface area contributed by atoms with Crippen molar-refractivity contribution in [3.8, 4) is 0 Å². The zero-order chi connectivity index (χ0) is 22.5. The van der Waals surface area contributed by atoms with E-state index < -0.39 is 0 Å². The fourth-order valence-electron chi connectivity index (χ4n) is 1.56. The van der Waals surface area contributed by atoms with E-state index in [-0.39, 0.29) is 24.3 Å². The van der Waals surface area contributed by atoms with Gasteiger partial charge in [0.25, 0.3) is 0 Å². The molecule has 0 aliphatic rings. The van der Waals surface area contributed by atoms with Crippen LogP contribution in [0.2, 0.25) is 0 Å². The van der Waals surface area contributed by atoms with Gasteiger partial charge in [0.1, 0.15) is 6.61 Å². The molecule has 0 aromatic heterocycles. The molecule has 0 unspecified atom stereocenters. The summed E-state index contributed by atoms with van der Waals surface area (Å²) < 4.78 is 14.3. The van der Waals surface area contributed by atoms with Crippen LogP contribution in [-0.2, 0) is 28.6 Å². The summed E-state index contributed by atoms with van der Waals surface area (Å²) in [5, 5.41) is 0. The zero-order valence-corrected chi connectivity index (χ0v) is 19.6. The third-order valence-electron chi connectivity index (χ3n) is 3.01. The van der Waals surface area contributed by atoms with Crippen LogP contribution in [-0.4, -0.2) is 44.7 Å². The Bertz CT molecular complexity index is 388. The number of ketones is 1. The quantitative estimate of drug-likeness (QED) is 0.459. The van der Waals surface area contributed by atoms with Gasteiger partial charge >= 0.3 is 11.9 Å². The maximum absolute atomic E-state index is 10.6. The molecule has 0 fully saturated rings. The van der Waals surface area contributed by atoms with Crippen molar-refractivity contribution < 1.29 is 28.6 Å². The Morgan fingerprint density at radius 3 is 1.71 bits per heavy atom. The maximum atomic E-state index is 10.6. The topological polar surface area (TPSA) is 78.9 Å². The SMILES string of the molecule is CC(=O)COCC(C)C.CCC(=O)OCC(C)C.COC(=O)CCCC(C)C. The zero-order valence-electron chi connectivity index (χ0n) is 19.6. The molecule has 0 rings (SSSR count). The third-order valence-corrected chi connectivity index (χ3v) is 3.01. The van der Waals surface area contributed by atoms with Crippen LogP contribution in [0.5, 0.6) is 0 Å². The Morgan fingerprint density at radius 1 is 0.821 bits per heavy atom. The van der Waals surface area contributed by atoms with Crippen LogP contribution < -0.4 is 0 Å². The molecule has 0 aliphatic heterocycles. The van der Waals surface area contributed by atoms with Gasteiger partial charge in [0.15, 0.2) is 5.78 Å². The van der Waals surface area contributed by atoms with E-state index in [0.717, 1.165) is 12.8 Å². The summed E-state index contributed by atoms with van der Waals surface area (Å²) in [6.07, 6.45) is 3.10. The number of methoxy groups -OCH3 is 1. The van der Waals surface area contributed by atoms with E-state index in [1.165, 1.54) is 14.0 Å². The van der Waals surface area contributed by atoms with Gasteiger partial charge in [0, 0.05) is 19.4 Å². The second-order valence-electron chi connectivity index (χ2n) is 7.90. The number of esters is 2. The molecule has 28 heavy (non-hydrogen) atoms. The molecule has 0 spiro atoms. The first kappa shape index (κ1) is 31.3. The molecule has 0 atom stereocenters. The van der Waals surface area contributed by atoms with Crippen LogP contribution in [0.4, 0.5) is 0 Å². The molecule has 0 aromatic carbocycles. The van der Waals surface area contributed by atoms with Gasteiger partial charge in [-0.2, -0.15) is 0 Å². The summed E-state index contributed by atoms with van der Waals surface area (Å²) in [4.78, 5) is 31.4. The van der Waals surface area contributed by atoms with E-state index >= 15 is 0 Å². The molecule has 0 aliphatic carbocycles. The van der Waals surface area contributed by atoms with Crippen molar-refractivity contribution in [3.63, 3.8) is 0 Å². The lowest BCUT2D eigenvalue weighted by molar-refractivity contribution is -0.144. The molecule has 0 radical (unpaired) electrons. The number of hydrogen-bond acceptors (Lipinski definition) is 6. The number of rotatable bonds is 11. The van der Waals surface area contributed by atoms with E-state index in [1.54, 1.807) is 6.92 Å². The van der Waals surface area contributed by atoms with Crippen LogP contribution in [0.3, 0.4) is 0 Å². The van der Waals surface area contributed by atoms with Gasteiger partial charge in [-0.1, -0.05) is 54.9 Å². The fourth-order valence-corrected chi connectivity index (χ4v) is 1.56. The van der Waals surface area contributed by atoms with Gasteiger partial charge in [0.05, 0.1) is 13.7 Å². The van der Waals surface area contributed by atoms with Crippen molar-refractivity contribution in [3.05, 3.63) is 0 Å². The van der Waals surface area contributed by atoms with Crippen molar-refractivity contribution in [2.75, 3.05) is 26.9 Å².